The van der Waals surface area contributed by atoms with Crippen LogP contribution >= 0.6 is 11.8 Å². The Morgan fingerprint density at radius 2 is 2.11 bits per heavy atom. The van der Waals surface area contributed by atoms with Crippen molar-refractivity contribution in [3.63, 3.8) is 0 Å². The van der Waals surface area contributed by atoms with E-state index in [1.807, 2.05) is 6.26 Å². The average molecular weight is 271 g/mol. The number of phenolic OH excluding ortho intramolecular Hbond substituents is 2. The van der Waals surface area contributed by atoms with E-state index in [0.717, 1.165) is 6.07 Å². The Morgan fingerprint density at radius 1 is 1.44 bits per heavy atom. The first kappa shape index (κ1) is 14.7. The van der Waals surface area contributed by atoms with Crippen molar-refractivity contribution in [1.82, 2.24) is 5.32 Å². The highest BCUT2D eigenvalue weighted by Gasteiger charge is 2.19. The SMILES string of the molecule is CSC(CO)C(C)NC(=O)c1ccc(O)cc1O. The summed E-state index contributed by atoms with van der Waals surface area (Å²) < 4.78 is 0. The number of nitrogens with one attached hydrogen (secondary N) is 1. The molecule has 5 nitrogen and oxygen atoms in total. The maximum absolute atomic E-state index is 11.9. The Bertz CT molecular complexity index is 421. The van der Waals surface area contributed by atoms with Gasteiger partial charge in [0.2, 0.25) is 0 Å². The summed E-state index contributed by atoms with van der Waals surface area (Å²) in [6.45, 7) is 1.75. The zero-order chi connectivity index (χ0) is 13.7. The predicted molar refractivity (Wildman–Crippen MR) is 71.1 cm³/mol. The van der Waals surface area contributed by atoms with Crippen molar-refractivity contribution in [2.24, 2.45) is 0 Å². The van der Waals surface area contributed by atoms with Gasteiger partial charge in [0.1, 0.15) is 11.5 Å². The normalized spacial score (nSPS) is 13.9. The summed E-state index contributed by atoms with van der Waals surface area (Å²) in [5.74, 6) is -0.814. The second-order valence-corrected chi connectivity index (χ2v) is 5.00. The summed E-state index contributed by atoms with van der Waals surface area (Å²) >= 11 is 1.45. The second kappa shape index (κ2) is 6.51. The third kappa shape index (κ3) is 3.54. The lowest BCUT2D eigenvalue weighted by Crippen LogP contribution is -2.41. The quantitative estimate of drug-likeness (QED) is 0.640. The van der Waals surface area contributed by atoms with Crippen LogP contribution in [-0.4, -0.2) is 45.4 Å². The van der Waals surface area contributed by atoms with E-state index in [4.69, 9.17) is 10.2 Å². The lowest BCUT2D eigenvalue weighted by atomic mass is 10.1. The topological polar surface area (TPSA) is 89.8 Å². The van der Waals surface area contributed by atoms with Gasteiger partial charge >= 0.3 is 0 Å². The Labute approximate surface area is 110 Å². The second-order valence-electron chi connectivity index (χ2n) is 3.92. The highest BCUT2D eigenvalue weighted by molar-refractivity contribution is 7.99. The van der Waals surface area contributed by atoms with Crippen LogP contribution in [0.25, 0.3) is 0 Å². The van der Waals surface area contributed by atoms with Crippen LogP contribution in [0.1, 0.15) is 17.3 Å². The molecule has 0 saturated carbocycles. The first-order valence-corrected chi connectivity index (χ1v) is 6.75. The molecule has 18 heavy (non-hydrogen) atoms. The molecule has 0 aliphatic carbocycles. The number of carbonyl (C=O) groups excluding carboxylic acids is 1. The molecule has 2 atom stereocenters. The minimum Gasteiger partial charge on any atom is -0.508 e. The molecule has 4 N–H and O–H groups in total. The van der Waals surface area contributed by atoms with Gasteiger partial charge in [0.25, 0.3) is 5.91 Å². The highest BCUT2D eigenvalue weighted by atomic mass is 32.2. The lowest BCUT2D eigenvalue weighted by molar-refractivity contribution is 0.0933. The number of aliphatic hydroxyl groups excluding tert-OH is 1. The van der Waals surface area contributed by atoms with E-state index >= 15 is 0 Å². The predicted octanol–water partition coefficient (Wildman–Crippen LogP) is 0.940. The fraction of sp³-hybridized carbons (Fsp3) is 0.417. The van der Waals surface area contributed by atoms with Gasteiger partial charge in [-0.15, -0.1) is 0 Å². The number of benzene rings is 1. The molecule has 0 aromatic heterocycles. The van der Waals surface area contributed by atoms with E-state index in [9.17, 15) is 9.90 Å². The van der Waals surface area contributed by atoms with E-state index in [1.54, 1.807) is 6.92 Å². The van der Waals surface area contributed by atoms with Crippen LogP contribution in [0.4, 0.5) is 0 Å². The summed E-state index contributed by atoms with van der Waals surface area (Å²) in [7, 11) is 0. The summed E-state index contributed by atoms with van der Waals surface area (Å²) in [4.78, 5) is 11.9. The fourth-order valence-corrected chi connectivity index (χ4v) is 2.15. The van der Waals surface area contributed by atoms with Crippen LogP contribution in [0.5, 0.6) is 11.5 Å². The van der Waals surface area contributed by atoms with Crippen molar-refractivity contribution < 1.29 is 20.1 Å². The number of aliphatic hydroxyl groups is 1. The van der Waals surface area contributed by atoms with Gasteiger partial charge < -0.3 is 20.6 Å². The molecule has 0 spiro atoms. The van der Waals surface area contributed by atoms with Crippen molar-refractivity contribution in [2.75, 3.05) is 12.9 Å². The van der Waals surface area contributed by atoms with Gasteiger partial charge in [-0.1, -0.05) is 0 Å². The zero-order valence-electron chi connectivity index (χ0n) is 10.3. The van der Waals surface area contributed by atoms with Gasteiger partial charge in [-0.2, -0.15) is 11.8 Å². The molecule has 0 aliphatic rings. The smallest absolute Gasteiger partial charge is 0.255 e. The molecule has 0 heterocycles. The van der Waals surface area contributed by atoms with Crippen molar-refractivity contribution >= 4 is 17.7 Å². The third-order valence-corrected chi connectivity index (χ3v) is 3.79. The Morgan fingerprint density at radius 3 is 2.61 bits per heavy atom. The molecule has 1 amide bonds. The first-order valence-electron chi connectivity index (χ1n) is 5.46. The standard InChI is InChI=1S/C12H17NO4S/c1-7(11(6-14)18-2)13-12(17)9-4-3-8(15)5-10(9)16/h3-5,7,11,14-16H,6H2,1-2H3,(H,13,17). The van der Waals surface area contributed by atoms with Gasteiger partial charge in [-0.25, -0.2) is 0 Å². The summed E-state index contributed by atoms with van der Waals surface area (Å²) in [6.07, 6.45) is 1.85. The molecule has 6 heteroatoms. The number of rotatable bonds is 5. The number of phenols is 2. The minimum absolute atomic E-state index is 0.0375. The van der Waals surface area contributed by atoms with Gasteiger partial charge in [0.05, 0.1) is 12.2 Å². The molecule has 100 valence electrons. The van der Waals surface area contributed by atoms with Crippen LogP contribution in [0.2, 0.25) is 0 Å². The summed E-state index contributed by atoms with van der Waals surface area (Å²) in [6, 6.07) is 3.56. The van der Waals surface area contributed by atoms with Gasteiger partial charge in [0, 0.05) is 17.4 Å². The first-order chi connectivity index (χ1) is 8.49. The molecule has 1 aromatic rings. The highest BCUT2D eigenvalue weighted by Crippen LogP contribution is 2.22. The zero-order valence-corrected chi connectivity index (χ0v) is 11.1. The Kier molecular flexibility index (Phi) is 5.30. The van der Waals surface area contributed by atoms with Crippen LogP contribution in [0.3, 0.4) is 0 Å². The maximum atomic E-state index is 11.9. The molecule has 1 rings (SSSR count). The average Bonchev–Trinajstić information content (AvgIpc) is 2.30. The van der Waals surface area contributed by atoms with Crippen molar-refractivity contribution in [3.8, 4) is 11.5 Å². The molecule has 0 bridgehead atoms. The Hall–Kier alpha value is -1.40. The molecule has 1 aromatic carbocycles. The molecule has 2 unspecified atom stereocenters. The number of hydrogen-bond acceptors (Lipinski definition) is 5. The van der Waals surface area contributed by atoms with Crippen LogP contribution in [0.15, 0.2) is 18.2 Å². The molecule has 0 aliphatic heterocycles. The number of hydrogen-bond donors (Lipinski definition) is 4. The van der Waals surface area contributed by atoms with E-state index in [1.165, 1.54) is 23.9 Å². The number of aromatic hydroxyl groups is 2. The number of carbonyl (C=O) groups is 1. The Balaban J connectivity index is 2.76. The van der Waals surface area contributed by atoms with E-state index in [2.05, 4.69) is 5.32 Å². The van der Waals surface area contributed by atoms with Gasteiger partial charge in [0.15, 0.2) is 0 Å². The molecular formula is C12H17NO4S. The largest absolute Gasteiger partial charge is 0.508 e. The van der Waals surface area contributed by atoms with E-state index in [0.29, 0.717) is 0 Å². The third-order valence-electron chi connectivity index (χ3n) is 2.63. The van der Waals surface area contributed by atoms with Gasteiger partial charge in [-0.05, 0) is 25.3 Å². The van der Waals surface area contributed by atoms with Crippen molar-refractivity contribution in [2.45, 2.75) is 18.2 Å². The lowest BCUT2D eigenvalue weighted by Gasteiger charge is -2.21. The molecule has 0 radical (unpaired) electrons. The minimum atomic E-state index is -0.437. The number of thioether (sulfide) groups is 1. The summed E-state index contributed by atoms with van der Waals surface area (Å²) in [5.41, 5.74) is 0.0949. The molecular weight excluding hydrogens is 254 g/mol. The van der Waals surface area contributed by atoms with E-state index in [-0.39, 0.29) is 35.0 Å². The molecule has 0 fully saturated rings. The maximum Gasteiger partial charge on any atom is 0.255 e. The van der Waals surface area contributed by atoms with Crippen molar-refractivity contribution in [1.29, 1.82) is 0 Å². The van der Waals surface area contributed by atoms with Crippen LogP contribution in [0, 0.1) is 0 Å². The van der Waals surface area contributed by atoms with Crippen LogP contribution in [-0.2, 0) is 0 Å². The fourth-order valence-electron chi connectivity index (χ4n) is 1.53. The van der Waals surface area contributed by atoms with Crippen LogP contribution < -0.4 is 5.32 Å². The van der Waals surface area contributed by atoms with E-state index < -0.39 is 5.91 Å². The summed E-state index contributed by atoms with van der Waals surface area (Å²) in [5, 5.41) is 30.4. The van der Waals surface area contributed by atoms with Gasteiger partial charge in [-0.3, -0.25) is 4.79 Å². The monoisotopic (exact) mass is 271 g/mol. The number of amides is 1. The van der Waals surface area contributed by atoms with Crippen molar-refractivity contribution in [3.05, 3.63) is 23.8 Å². The molecule has 0 saturated heterocycles.